The molecule has 0 radical (unpaired) electrons. The van der Waals surface area contributed by atoms with Gasteiger partial charge in [-0.2, -0.15) is 5.10 Å². The Kier molecular flexibility index (Phi) is 4.60. The number of hydrogen-bond donors (Lipinski definition) is 1. The van der Waals surface area contributed by atoms with Gasteiger partial charge < -0.3 is 5.32 Å². The Hall–Kier alpha value is -3.93. The van der Waals surface area contributed by atoms with Crippen LogP contribution in [0.1, 0.15) is 0 Å². The predicted octanol–water partition coefficient (Wildman–Crippen LogP) is 1.80. The molecule has 0 bridgehead atoms. The van der Waals surface area contributed by atoms with E-state index >= 15 is 0 Å². The molecular weight excluding hydrogens is 398 g/mol. The van der Waals surface area contributed by atoms with Gasteiger partial charge in [-0.15, -0.1) is 11.3 Å². The number of non-ortho nitro benzene ring substituents is 1. The fourth-order valence-corrected chi connectivity index (χ4v) is 3.47. The van der Waals surface area contributed by atoms with Crippen molar-refractivity contribution >= 4 is 39.1 Å². The molecule has 0 saturated heterocycles. The summed E-state index contributed by atoms with van der Waals surface area (Å²) in [6.45, 7) is -0.234. The third-order valence-electron chi connectivity index (χ3n) is 4.14. The van der Waals surface area contributed by atoms with E-state index in [9.17, 15) is 19.7 Å². The summed E-state index contributed by atoms with van der Waals surface area (Å²) in [7, 11) is 1.67. The van der Waals surface area contributed by atoms with Crippen molar-refractivity contribution < 1.29 is 9.72 Å². The number of nitrogens with zero attached hydrogens (tertiary/aromatic N) is 6. The van der Waals surface area contributed by atoms with Gasteiger partial charge in [0.1, 0.15) is 18.3 Å². The molecule has 0 spiro atoms. The number of benzene rings is 1. The summed E-state index contributed by atoms with van der Waals surface area (Å²) in [6, 6.07) is 6.07. The largest absolute Gasteiger partial charge is 0.300 e. The van der Waals surface area contributed by atoms with Gasteiger partial charge in [-0.05, 0) is 0 Å². The molecule has 1 N–H and O–H groups in total. The maximum atomic E-state index is 12.4. The Morgan fingerprint density at radius 1 is 1.38 bits per heavy atom. The molecule has 12 heteroatoms. The Labute approximate surface area is 166 Å². The third kappa shape index (κ3) is 3.60. The summed E-state index contributed by atoms with van der Waals surface area (Å²) in [4.78, 5) is 43.6. The maximum absolute atomic E-state index is 12.4. The predicted molar refractivity (Wildman–Crippen MR) is 106 cm³/mol. The quantitative estimate of drug-likeness (QED) is 0.390. The van der Waals surface area contributed by atoms with E-state index in [1.54, 1.807) is 24.6 Å². The molecule has 29 heavy (non-hydrogen) atoms. The summed E-state index contributed by atoms with van der Waals surface area (Å²) in [5.41, 5.74) is 1.10. The van der Waals surface area contributed by atoms with Crippen LogP contribution in [-0.4, -0.2) is 35.1 Å². The molecule has 1 amide bonds. The zero-order valence-corrected chi connectivity index (χ0v) is 15.8. The lowest BCUT2D eigenvalue weighted by molar-refractivity contribution is -0.384. The first-order valence-electron chi connectivity index (χ1n) is 8.30. The van der Waals surface area contributed by atoms with Gasteiger partial charge in [-0.3, -0.25) is 29.0 Å². The first-order valence-corrected chi connectivity index (χ1v) is 9.17. The first kappa shape index (κ1) is 18.4. The van der Waals surface area contributed by atoms with Gasteiger partial charge in [-0.25, -0.2) is 9.97 Å². The zero-order valence-electron chi connectivity index (χ0n) is 15.0. The number of amides is 1. The van der Waals surface area contributed by atoms with Gasteiger partial charge in [0, 0.05) is 30.1 Å². The number of carbonyl (C=O) groups is 1. The number of aromatic nitrogens is 5. The number of hydrogen-bond acceptors (Lipinski definition) is 8. The summed E-state index contributed by atoms with van der Waals surface area (Å²) < 4.78 is 2.67. The van der Waals surface area contributed by atoms with E-state index in [4.69, 9.17) is 0 Å². The lowest BCUT2D eigenvalue weighted by atomic mass is 10.1. The fourth-order valence-electron chi connectivity index (χ4n) is 2.74. The molecule has 0 aliphatic rings. The summed E-state index contributed by atoms with van der Waals surface area (Å²) >= 11 is 1.18. The van der Waals surface area contributed by atoms with Crippen LogP contribution in [0.15, 0.2) is 47.0 Å². The minimum absolute atomic E-state index is 0.0428. The number of carbonyl (C=O) groups excluding carboxylic acids is 1. The van der Waals surface area contributed by atoms with Crippen LogP contribution >= 0.6 is 11.3 Å². The topological polar surface area (TPSA) is 138 Å². The first-order chi connectivity index (χ1) is 13.9. The van der Waals surface area contributed by atoms with E-state index in [1.165, 1.54) is 45.2 Å². The summed E-state index contributed by atoms with van der Waals surface area (Å²) in [5.74, 6) is -0.447. The van der Waals surface area contributed by atoms with Crippen LogP contribution in [-0.2, 0) is 18.4 Å². The molecule has 0 atom stereocenters. The Morgan fingerprint density at radius 2 is 2.21 bits per heavy atom. The highest BCUT2D eigenvalue weighted by Crippen LogP contribution is 2.27. The standard InChI is InChI=1S/C17H13N7O4S/c1-22-15-12(6-19-22)16(26)23(9-18-15)7-14(25)21-17-20-13(8-29-17)10-3-2-4-11(5-10)24(27)28/h2-6,8-9H,7H2,1H3,(H,20,21,25). The number of nitrogens with one attached hydrogen (secondary N) is 1. The number of aryl methyl sites for hydroxylation is 1. The van der Waals surface area contributed by atoms with Crippen molar-refractivity contribution in [2.45, 2.75) is 6.54 Å². The number of thiazole rings is 1. The van der Waals surface area contributed by atoms with Gasteiger partial charge in [0.05, 0.1) is 16.8 Å². The van der Waals surface area contributed by atoms with Crippen LogP contribution in [0.5, 0.6) is 0 Å². The van der Waals surface area contributed by atoms with Crippen LogP contribution in [0.25, 0.3) is 22.3 Å². The molecule has 3 aromatic heterocycles. The highest BCUT2D eigenvalue weighted by molar-refractivity contribution is 7.14. The Balaban J connectivity index is 1.50. The monoisotopic (exact) mass is 411 g/mol. The number of anilines is 1. The van der Waals surface area contributed by atoms with E-state index in [2.05, 4.69) is 20.4 Å². The van der Waals surface area contributed by atoms with Crippen molar-refractivity contribution in [3.05, 3.63) is 62.6 Å². The van der Waals surface area contributed by atoms with Crippen LogP contribution in [0.4, 0.5) is 10.8 Å². The highest BCUT2D eigenvalue weighted by atomic mass is 32.1. The molecule has 3 heterocycles. The molecule has 0 aliphatic carbocycles. The number of nitro benzene ring substituents is 1. The average Bonchev–Trinajstić information content (AvgIpc) is 3.31. The Morgan fingerprint density at radius 3 is 3.00 bits per heavy atom. The molecule has 4 rings (SSSR count). The van der Waals surface area contributed by atoms with E-state index in [-0.39, 0.29) is 17.8 Å². The highest BCUT2D eigenvalue weighted by Gasteiger charge is 2.14. The lowest BCUT2D eigenvalue weighted by Crippen LogP contribution is -2.27. The van der Waals surface area contributed by atoms with Crippen molar-refractivity contribution in [1.29, 1.82) is 0 Å². The normalized spacial score (nSPS) is 10.9. The molecule has 146 valence electrons. The van der Waals surface area contributed by atoms with Crippen LogP contribution < -0.4 is 10.9 Å². The SMILES string of the molecule is Cn1ncc2c(=O)n(CC(=O)Nc3nc(-c4cccc([N+](=O)[O-])c4)cs3)cnc21. The zero-order chi connectivity index (χ0) is 20.5. The van der Waals surface area contributed by atoms with E-state index in [0.717, 1.165) is 0 Å². The molecular formula is C17H13N7O4S. The fraction of sp³-hybridized carbons (Fsp3) is 0.118. The average molecular weight is 411 g/mol. The van der Waals surface area contributed by atoms with Gasteiger partial charge in [0.2, 0.25) is 5.91 Å². The van der Waals surface area contributed by atoms with Gasteiger partial charge >= 0.3 is 0 Å². The molecule has 0 aliphatic heterocycles. The second-order valence-corrected chi connectivity index (χ2v) is 6.93. The Bertz CT molecular complexity index is 1310. The molecule has 0 unspecified atom stereocenters. The molecule has 1 aromatic carbocycles. The van der Waals surface area contributed by atoms with Gasteiger partial charge in [0.25, 0.3) is 11.2 Å². The third-order valence-corrected chi connectivity index (χ3v) is 4.89. The van der Waals surface area contributed by atoms with Crippen molar-refractivity contribution in [1.82, 2.24) is 24.3 Å². The van der Waals surface area contributed by atoms with Crippen molar-refractivity contribution in [3.8, 4) is 11.3 Å². The lowest BCUT2D eigenvalue weighted by Gasteiger charge is -2.05. The van der Waals surface area contributed by atoms with Crippen molar-refractivity contribution in [2.24, 2.45) is 7.05 Å². The van der Waals surface area contributed by atoms with Crippen molar-refractivity contribution in [3.63, 3.8) is 0 Å². The second-order valence-electron chi connectivity index (χ2n) is 6.08. The van der Waals surface area contributed by atoms with E-state index in [0.29, 0.717) is 27.4 Å². The molecule has 0 fully saturated rings. The van der Waals surface area contributed by atoms with Gasteiger partial charge in [0.15, 0.2) is 10.8 Å². The number of rotatable bonds is 5. The van der Waals surface area contributed by atoms with Crippen molar-refractivity contribution in [2.75, 3.05) is 5.32 Å². The van der Waals surface area contributed by atoms with Gasteiger partial charge in [-0.1, -0.05) is 12.1 Å². The second kappa shape index (κ2) is 7.24. The van der Waals surface area contributed by atoms with Crippen LogP contribution in [0.3, 0.4) is 0 Å². The van der Waals surface area contributed by atoms with Crippen LogP contribution in [0, 0.1) is 10.1 Å². The number of fused-ring (bicyclic) bond motifs is 1. The molecule has 11 nitrogen and oxygen atoms in total. The minimum atomic E-state index is -0.483. The minimum Gasteiger partial charge on any atom is -0.300 e. The number of nitro groups is 1. The van der Waals surface area contributed by atoms with E-state index < -0.39 is 10.8 Å². The summed E-state index contributed by atoms with van der Waals surface area (Å²) in [5, 5.41) is 19.8. The smallest absolute Gasteiger partial charge is 0.270 e. The van der Waals surface area contributed by atoms with E-state index in [1.807, 2.05) is 0 Å². The van der Waals surface area contributed by atoms with Crippen LogP contribution in [0.2, 0.25) is 0 Å². The molecule has 0 saturated carbocycles. The maximum Gasteiger partial charge on any atom is 0.270 e. The molecule has 4 aromatic rings. The summed E-state index contributed by atoms with van der Waals surface area (Å²) in [6.07, 6.45) is 2.70.